The predicted octanol–water partition coefficient (Wildman–Crippen LogP) is 1.15. The van der Waals surface area contributed by atoms with Gasteiger partial charge in [0.25, 0.3) is 0 Å². The molecular weight excluding hydrogens is 255 g/mol. The zero-order chi connectivity index (χ0) is 12.5. The Balaban J connectivity index is 3.30. The molecular formula is C10H10Cl2O4. The summed E-state index contributed by atoms with van der Waals surface area (Å²) in [6.45, 7) is 1.60. The van der Waals surface area contributed by atoms with Crippen LogP contribution in [0.1, 0.15) is 6.92 Å². The average Bonchev–Trinajstić information content (AvgIpc) is 2.52. The summed E-state index contributed by atoms with van der Waals surface area (Å²) in [6.07, 6.45) is 2.50. The molecule has 1 aliphatic rings. The van der Waals surface area contributed by atoms with Crippen molar-refractivity contribution < 1.29 is 19.4 Å². The summed E-state index contributed by atoms with van der Waals surface area (Å²) in [5.74, 6) is -1.59. The maximum absolute atomic E-state index is 11.5. The van der Waals surface area contributed by atoms with Crippen molar-refractivity contribution in [2.24, 2.45) is 0 Å². The molecule has 0 spiro atoms. The molecule has 1 N–H and O–H groups in total. The number of esters is 1. The summed E-state index contributed by atoms with van der Waals surface area (Å²) in [5, 5.41) is 8.81. The number of carbonyl (C=O) groups is 2. The van der Waals surface area contributed by atoms with Gasteiger partial charge < -0.3 is 9.84 Å². The van der Waals surface area contributed by atoms with Gasteiger partial charge in [-0.1, -0.05) is 17.7 Å². The van der Waals surface area contributed by atoms with Crippen LogP contribution in [0.2, 0.25) is 0 Å². The van der Waals surface area contributed by atoms with Crippen LogP contribution in [0, 0.1) is 0 Å². The lowest BCUT2D eigenvalue weighted by atomic mass is 9.94. The molecule has 4 nitrogen and oxygen atoms in total. The number of rotatable bonds is 2. The van der Waals surface area contributed by atoms with Gasteiger partial charge in [0.05, 0.1) is 7.11 Å². The number of allylic oxidation sites excluding steroid dienone is 2. The van der Waals surface area contributed by atoms with Crippen LogP contribution < -0.4 is 0 Å². The van der Waals surface area contributed by atoms with E-state index in [1.54, 1.807) is 6.92 Å². The first-order valence-electron chi connectivity index (χ1n) is 4.42. The Kier molecular flexibility index (Phi) is 3.78. The Hall–Kier alpha value is -0.840. The van der Waals surface area contributed by atoms with E-state index in [0.717, 1.165) is 13.2 Å². The predicted molar refractivity (Wildman–Crippen MR) is 59.3 cm³/mol. The van der Waals surface area contributed by atoms with Crippen LogP contribution in [-0.2, 0) is 14.3 Å². The van der Waals surface area contributed by atoms with E-state index in [-0.39, 0.29) is 10.6 Å². The normalized spacial score (nSPS) is 30.3. The maximum Gasteiger partial charge on any atom is 0.344 e. The van der Waals surface area contributed by atoms with Crippen LogP contribution in [-0.4, -0.2) is 34.9 Å². The fraction of sp³-hybridized carbons (Fsp3) is 0.400. The van der Waals surface area contributed by atoms with Gasteiger partial charge in [0.15, 0.2) is 5.78 Å². The second-order valence-corrected chi connectivity index (χ2v) is 4.06. The van der Waals surface area contributed by atoms with E-state index in [9.17, 15) is 14.7 Å². The van der Waals surface area contributed by atoms with Crippen LogP contribution in [0.4, 0.5) is 0 Å². The monoisotopic (exact) mass is 264 g/mol. The molecule has 0 aromatic carbocycles. The summed E-state index contributed by atoms with van der Waals surface area (Å²) >= 11 is 11.5. The van der Waals surface area contributed by atoms with Crippen molar-refractivity contribution in [2.75, 3.05) is 7.11 Å². The second-order valence-electron chi connectivity index (χ2n) is 3.22. The lowest BCUT2D eigenvalue weighted by molar-refractivity contribution is -0.158. The highest BCUT2D eigenvalue weighted by Gasteiger charge is 2.55. The van der Waals surface area contributed by atoms with E-state index in [1.165, 1.54) is 6.08 Å². The summed E-state index contributed by atoms with van der Waals surface area (Å²) in [5.41, 5.74) is -2.25. The lowest BCUT2D eigenvalue weighted by Gasteiger charge is -2.25. The van der Waals surface area contributed by atoms with Gasteiger partial charge in [-0.05, 0) is 13.0 Å². The first-order valence-corrected chi connectivity index (χ1v) is 5.24. The molecule has 0 aromatic rings. The number of hydrogen-bond acceptors (Lipinski definition) is 4. The van der Waals surface area contributed by atoms with Crippen LogP contribution in [0.25, 0.3) is 0 Å². The van der Waals surface area contributed by atoms with Crippen molar-refractivity contribution in [2.45, 2.75) is 17.9 Å². The van der Waals surface area contributed by atoms with Gasteiger partial charge in [0, 0.05) is 10.6 Å². The highest BCUT2D eigenvalue weighted by atomic mass is 35.5. The third kappa shape index (κ3) is 1.77. The van der Waals surface area contributed by atoms with E-state index >= 15 is 0 Å². The summed E-state index contributed by atoms with van der Waals surface area (Å²) in [6, 6.07) is 0. The fourth-order valence-corrected chi connectivity index (χ4v) is 1.91. The van der Waals surface area contributed by atoms with Gasteiger partial charge in [-0.25, -0.2) is 4.79 Å². The van der Waals surface area contributed by atoms with Gasteiger partial charge >= 0.3 is 5.97 Å². The highest BCUT2D eigenvalue weighted by Crippen LogP contribution is 2.39. The van der Waals surface area contributed by atoms with E-state index in [2.05, 4.69) is 4.74 Å². The Morgan fingerprint density at radius 3 is 2.69 bits per heavy atom. The van der Waals surface area contributed by atoms with Gasteiger partial charge in [-0.2, -0.15) is 0 Å². The van der Waals surface area contributed by atoms with Crippen molar-refractivity contribution >= 4 is 35.0 Å². The minimum Gasteiger partial charge on any atom is -0.467 e. The van der Waals surface area contributed by atoms with Crippen LogP contribution in [0.15, 0.2) is 22.8 Å². The van der Waals surface area contributed by atoms with Crippen LogP contribution >= 0.6 is 23.2 Å². The first kappa shape index (κ1) is 13.2. The third-order valence-electron chi connectivity index (χ3n) is 2.32. The van der Waals surface area contributed by atoms with E-state index in [1.807, 2.05) is 0 Å². The molecule has 0 heterocycles. The van der Waals surface area contributed by atoms with Crippen LogP contribution in [0.3, 0.4) is 0 Å². The molecule has 0 aromatic heterocycles. The number of alkyl halides is 1. The summed E-state index contributed by atoms with van der Waals surface area (Å²) in [7, 11) is 1.09. The van der Waals surface area contributed by atoms with Crippen molar-refractivity contribution in [1.29, 1.82) is 0 Å². The number of ether oxygens (including phenoxy) is 1. The second kappa shape index (κ2) is 4.57. The van der Waals surface area contributed by atoms with Gasteiger partial charge in [-0.15, -0.1) is 11.6 Å². The molecule has 0 unspecified atom stereocenters. The van der Waals surface area contributed by atoms with Gasteiger partial charge in [0.1, 0.15) is 5.38 Å². The molecule has 2 atom stereocenters. The quantitative estimate of drug-likeness (QED) is 0.601. The highest BCUT2D eigenvalue weighted by molar-refractivity contribution is 6.40. The molecule has 0 saturated heterocycles. The maximum atomic E-state index is 11.5. The fourth-order valence-electron chi connectivity index (χ4n) is 1.44. The smallest absolute Gasteiger partial charge is 0.344 e. The largest absolute Gasteiger partial charge is 0.467 e. The van der Waals surface area contributed by atoms with Crippen LogP contribution in [0.5, 0.6) is 0 Å². The molecule has 0 radical (unpaired) electrons. The summed E-state index contributed by atoms with van der Waals surface area (Å²) < 4.78 is 4.43. The van der Waals surface area contributed by atoms with E-state index < -0.39 is 22.7 Å². The number of methoxy groups -OCH3 is 1. The minimum atomic E-state index is -2.21. The molecule has 1 rings (SSSR count). The number of halogens is 2. The lowest BCUT2D eigenvalue weighted by Crippen LogP contribution is -2.48. The first-order chi connectivity index (χ1) is 7.39. The number of hydrogen-bond donors (Lipinski definition) is 1. The van der Waals surface area contributed by atoms with Crippen molar-refractivity contribution in [1.82, 2.24) is 0 Å². The Labute approximate surface area is 102 Å². The molecule has 0 bridgehead atoms. The molecule has 1 aliphatic carbocycles. The Bertz CT molecular complexity index is 400. The van der Waals surface area contributed by atoms with Gasteiger partial charge in [-0.3, -0.25) is 4.79 Å². The van der Waals surface area contributed by atoms with Crippen molar-refractivity contribution in [3.63, 3.8) is 0 Å². The van der Waals surface area contributed by atoms with Crippen molar-refractivity contribution in [3.8, 4) is 0 Å². The van der Waals surface area contributed by atoms with E-state index in [0.29, 0.717) is 0 Å². The number of aliphatic hydroxyl groups is 1. The molecule has 0 fully saturated rings. The zero-order valence-corrected chi connectivity index (χ0v) is 10.2. The topological polar surface area (TPSA) is 63.6 Å². The zero-order valence-electron chi connectivity index (χ0n) is 8.66. The van der Waals surface area contributed by atoms with E-state index in [4.69, 9.17) is 23.2 Å². The Morgan fingerprint density at radius 2 is 2.25 bits per heavy atom. The standard InChI is InChI=1S/C10H10Cl2O4/c1-3-6(11)5-4-7(13)8(12)10(5,15)9(14)16-2/h3-4,8,15H,1-2H3/b6-3-/t8-,10+/m1/s1. The molecule has 6 heteroatoms. The molecule has 0 amide bonds. The third-order valence-corrected chi connectivity index (χ3v) is 3.27. The SMILES string of the molecule is C/C=C(\Cl)C1=CC(=O)[C@@H](Cl)[C@]1(O)C(=O)OC. The average molecular weight is 265 g/mol. The number of carbonyl (C=O) groups excluding carboxylic acids is 2. The summed E-state index contributed by atoms with van der Waals surface area (Å²) in [4.78, 5) is 22.9. The molecule has 88 valence electrons. The van der Waals surface area contributed by atoms with Crippen molar-refractivity contribution in [3.05, 3.63) is 22.8 Å². The molecule has 16 heavy (non-hydrogen) atoms. The minimum absolute atomic E-state index is 0.0338. The van der Waals surface area contributed by atoms with Gasteiger partial charge in [0.2, 0.25) is 5.60 Å². The molecule has 0 aliphatic heterocycles. The molecule has 0 saturated carbocycles. The Morgan fingerprint density at radius 1 is 1.69 bits per heavy atom. The number of ketones is 1.